The highest BCUT2D eigenvalue weighted by Gasteiger charge is 2.37. The van der Waals surface area contributed by atoms with E-state index >= 15 is 0 Å². The number of aromatic nitrogens is 1. The predicted octanol–water partition coefficient (Wildman–Crippen LogP) is 2.63. The fourth-order valence-electron chi connectivity index (χ4n) is 4.77. The molecule has 1 saturated carbocycles. The third-order valence-electron chi connectivity index (χ3n) is 6.59. The quantitative estimate of drug-likeness (QED) is 0.487. The van der Waals surface area contributed by atoms with Gasteiger partial charge >= 0.3 is 0 Å². The van der Waals surface area contributed by atoms with Crippen LogP contribution in [0, 0.1) is 5.92 Å². The molecule has 8 nitrogen and oxygen atoms in total. The minimum absolute atomic E-state index is 0.0780. The summed E-state index contributed by atoms with van der Waals surface area (Å²) in [5.41, 5.74) is 1.06. The van der Waals surface area contributed by atoms with Crippen LogP contribution in [0.4, 0.5) is 5.13 Å². The van der Waals surface area contributed by atoms with E-state index in [1.807, 2.05) is 35.7 Å². The molecule has 33 heavy (non-hydrogen) atoms. The maximum atomic E-state index is 13.2. The molecule has 1 aromatic heterocycles. The van der Waals surface area contributed by atoms with Gasteiger partial charge in [-0.25, -0.2) is 4.98 Å². The van der Waals surface area contributed by atoms with Crippen molar-refractivity contribution in [2.24, 2.45) is 5.92 Å². The van der Waals surface area contributed by atoms with E-state index in [9.17, 15) is 14.7 Å². The third kappa shape index (κ3) is 6.60. The predicted molar refractivity (Wildman–Crippen MR) is 128 cm³/mol. The van der Waals surface area contributed by atoms with E-state index < -0.39 is 12.4 Å². The van der Waals surface area contributed by atoms with Crippen LogP contribution in [-0.2, 0) is 16.1 Å². The van der Waals surface area contributed by atoms with E-state index in [1.165, 1.54) is 30.6 Å². The maximum absolute atomic E-state index is 13.2. The Labute approximate surface area is 199 Å². The van der Waals surface area contributed by atoms with Gasteiger partial charge in [0.15, 0.2) is 11.5 Å². The van der Waals surface area contributed by atoms with E-state index in [-0.39, 0.29) is 18.4 Å². The van der Waals surface area contributed by atoms with Crippen LogP contribution < -0.4 is 10.6 Å². The molecule has 0 bridgehead atoms. The summed E-state index contributed by atoms with van der Waals surface area (Å²) in [6, 6.07) is 9.32. The number of benzene rings is 1. The van der Waals surface area contributed by atoms with Crippen LogP contribution >= 0.6 is 11.3 Å². The first-order chi connectivity index (χ1) is 16.1. The van der Waals surface area contributed by atoms with Crippen molar-refractivity contribution in [2.45, 2.75) is 57.5 Å². The molecule has 0 radical (unpaired) electrons. The lowest BCUT2D eigenvalue weighted by molar-refractivity contribution is -0.149. The molecule has 2 heterocycles. The molecule has 2 amide bonds. The minimum Gasteiger partial charge on any atom is -0.365 e. The highest BCUT2D eigenvalue weighted by molar-refractivity contribution is 7.13. The monoisotopic (exact) mass is 471 g/mol. The summed E-state index contributed by atoms with van der Waals surface area (Å²) in [7, 11) is 0. The molecule has 2 aliphatic rings. The van der Waals surface area contributed by atoms with Crippen LogP contribution in [0.1, 0.15) is 44.1 Å². The molecule has 178 valence electrons. The molecule has 4 rings (SSSR count). The summed E-state index contributed by atoms with van der Waals surface area (Å²) in [5, 5.41) is 18.9. The number of carbonyl (C=O) groups excluding carboxylic acids is 2. The standard InChI is InChI=1S/C24H33N5O3S/c30-21-17-28(24(32)26-16-19-9-5-2-6-10-19)12-13-29(21)20(15-18-7-3-1-4-8-18)22(31)27-23-25-11-14-33-23/h2,5-6,9-11,14,18,20,24,26,32H,1,3-4,7-8,12-13,15-17H2,(H,25,27,31)/t20-,24?/m0/s1. The third-order valence-corrected chi connectivity index (χ3v) is 7.28. The van der Waals surface area contributed by atoms with Crippen LogP contribution in [0.5, 0.6) is 0 Å². The summed E-state index contributed by atoms with van der Waals surface area (Å²) in [5.74, 6) is 0.159. The Bertz CT molecular complexity index is 889. The Kier molecular flexibility index (Phi) is 8.44. The Morgan fingerprint density at radius 2 is 1.97 bits per heavy atom. The van der Waals surface area contributed by atoms with Gasteiger partial charge < -0.3 is 15.3 Å². The number of piperazine rings is 1. The average molecular weight is 472 g/mol. The number of thiazole rings is 1. The number of aliphatic hydroxyl groups excluding tert-OH is 1. The number of carbonyl (C=O) groups is 2. The van der Waals surface area contributed by atoms with E-state index in [0.29, 0.717) is 37.1 Å². The van der Waals surface area contributed by atoms with Gasteiger partial charge in [-0.3, -0.25) is 19.8 Å². The minimum atomic E-state index is -0.919. The second kappa shape index (κ2) is 11.7. The summed E-state index contributed by atoms with van der Waals surface area (Å²) in [6.07, 6.45) is 7.25. The van der Waals surface area contributed by atoms with Gasteiger partial charge in [-0.05, 0) is 17.9 Å². The van der Waals surface area contributed by atoms with E-state index in [2.05, 4.69) is 15.6 Å². The molecule has 1 aliphatic carbocycles. The molecule has 1 unspecified atom stereocenters. The van der Waals surface area contributed by atoms with Crippen molar-refractivity contribution in [3.8, 4) is 0 Å². The van der Waals surface area contributed by atoms with Gasteiger partial charge in [-0.15, -0.1) is 11.3 Å². The maximum Gasteiger partial charge on any atom is 0.248 e. The first kappa shape index (κ1) is 23.8. The van der Waals surface area contributed by atoms with Crippen molar-refractivity contribution in [3.05, 3.63) is 47.5 Å². The Morgan fingerprint density at radius 3 is 2.67 bits per heavy atom. The van der Waals surface area contributed by atoms with Crippen LogP contribution in [0.3, 0.4) is 0 Å². The fraction of sp³-hybridized carbons (Fsp3) is 0.542. The summed E-state index contributed by atoms with van der Waals surface area (Å²) in [6.45, 7) is 1.50. The Hall–Kier alpha value is -2.33. The van der Waals surface area contributed by atoms with E-state index in [4.69, 9.17) is 0 Å². The Balaban J connectivity index is 1.37. The van der Waals surface area contributed by atoms with Crippen molar-refractivity contribution < 1.29 is 14.7 Å². The van der Waals surface area contributed by atoms with Crippen LogP contribution in [0.25, 0.3) is 0 Å². The number of nitrogens with one attached hydrogen (secondary N) is 2. The van der Waals surface area contributed by atoms with Gasteiger partial charge in [0.05, 0.1) is 6.54 Å². The zero-order valence-corrected chi connectivity index (χ0v) is 19.7. The highest BCUT2D eigenvalue weighted by atomic mass is 32.1. The van der Waals surface area contributed by atoms with Gasteiger partial charge in [0.25, 0.3) is 0 Å². The van der Waals surface area contributed by atoms with Crippen LogP contribution in [-0.4, -0.2) is 63.7 Å². The molecule has 1 aromatic carbocycles. The topological polar surface area (TPSA) is 97.8 Å². The Morgan fingerprint density at radius 1 is 1.18 bits per heavy atom. The lowest BCUT2D eigenvalue weighted by Crippen LogP contribution is -2.61. The first-order valence-electron chi connectivity index (χ1n) is 11.8. The highest BCUT2D eigenvalue weighted by Crippen LogP contribution is 2.30. The lowest BCUT2D eigenvalue weighted by Gasteiger charge is -2.41. The van der Waals surface area contributed by atoms with Crippen LogP contribution in [0.2, 0.25) is 0 Å². The fourth-order valence-corrected chi connectivity index (χ4v) is 5.30. The van der Waals surface area contributed by atoms with Crippen molar-refractivity contribution >= 4 is 28.3 Å². The summed E-state index contributed by atoms with van der Waals surface area (Å²) in [4.78, 5) is 33.9. The van der Waals surface area contributed by atoms with Crippen molar-refractivity contribution in [2.75, 3.05) is 25.0 Å². The second-order valence-corrected chi connectivity index (χ2v) is 9.77. The zero-order chi connectivity index (χ0) is 23.0. The van der Waals surface area contributed by atoms with Crippen molar-refractivity contribution in [1.82, 2.24) is 20.1 Å². The van der Waals surface area contributed by atoms with E-state index in [0.717, 1.165) is 18.4 Å². The van der Waals surface area contributed by atoms with Crippen molar-refractivity contribution in [3.63, 3.8) is 0 Å². The number of anilines is 1. The smallest absolute Gasteiger partial charge is 0.248 e. The summed E-state index contributed by atoms with van der Waals surface area (Å²) >= 11 is 1.37. The number of hydrogen-bond donors (Lipinski definition) is 3. The second-order valence-electron chi connectivity index (χ2n) is 8.88. The van der Waals surface area contributed by atoms with Gasteiger partial charge in [-0.2, -0.15) is 0 Å². The molecular formula is C24H33N5O3S. The largest absolute Gasteiger partial charge is 0.365 e. The summed E-state index contributed by atoms with van der Waals surface area (Å²) < 4.78 is 0. The SMILES string of the molecule is O=C(Nc1nccs1)[C@H](CC1CCCCC1)N1CCN(C(O)NCc2ccccc2)CC1=O. The lowest BCUT2D eigenvalue weighted by atomic mass is 9.84. The van der Waals surface area contributed by atoms with Gasteiger partial charge in [0, 0.05) is 31.2 Å². The van der Waals surface area contributed by atoms with Gasteiger partial charge in [0.1, 0.15) is 6.04 Å². The van der Waals surface area contributed by atoms with E-state index in [1.54, 1.807) is 16.0 Å². The number of hydrogen-bond acceptors (Lipinski definition) is 7. The average Bonchev–Trinajstić information content (AvgIpc) is 3.35. The molecule has 0 spiro atoms. The molecule has 2 atom stereocenters. The molecular weight excluding hydrogens is 438 g/mol. The molecule has 1 aliphatic heterocycles. The molecule has 9 heteroatoms. The number of nitrogens with zero attached hydrogens (tertiary/aromatic N) is 3. The molecule has 3 N–H and O–H groups in total. The first-order valence-corrected chi connectivity index (χ1v) is 12.7. The molecule has 2 fully saturated rings. The van der Waals surface area contributed by atoms with Crippen LogP contribution in [0.15, 0.2) is 41.9 Å². The zero-order valence-electron chi connectivity index (χ0n) is 18.9. The number of amides is 2. The number of aliphatic hydroxyl groups is 1. The van der Waals surface area contributed by atoms with Crippen molar-refractivity contribution in [1.29, 1.82) is 0 Å². The normalized spacial score (nSPS) is 19.9. The van der Waals surface area contributed by atoms with Gasteiger partial charge in [-0.1, -0.05) is 62.4 Å². The molecule has 1 saturated heterocycles. The molecule has 2 aromatic rings. The van der Waals surface area contributed by atoms with Gasteiger partial charge in [0.2, 0.25) is 11.8 Å². The number of rotatable bonds is 9.